The molecule has 6 heterocycles. The van der Waals surface area contributed by atoms with E-state index in [2.05, 4.69) is 25.6 Å². The van der Waals surface area contributed by atoms with E-state index in [-0.39, 0.29) is 36.6 Å². The number of esters is 1. The van der Waals surface area contributed by atoms with Crippen molar-refractivity contribution in [2.75, 3.05) is 40.0 Å². The lowest BCUT2D eigenvalue weighted by molar-refractivity contribution is -0.141. The van der Waals surface area contributed by atoms with Crippen LogP contribution in [-0.2, 0) is 20.7 Å². The second-order valence-electron chi connectivity index (χ2n) is 12.2. The minimum Gasteiger partial charge on any atom is -0.496 e. The molecule has 0 bridgehead atoms. The summed E-state index contributed by atoms with van der Waals surface area (Å²) in [6.07, 6.45) is 8.54. The van der Waals surface area contributed by atoms with Crippen LogP contribution in [0.5, 0.6) is 17.2 Å². The first kappa shape index (κ1) is 30.7. The molecule has 5 N–H and O–H groups in total. The summed E-state index contributed by atoms with van der Waals surface area (Å²) in [5, 5.41) is 18.3. The van der Waals surface area contributed by atoms with Crippen LogP contribution in [-0.4, -0.2) is 102 Å². The molecule has 15 nitrogen and oxygen atoms in total. The quantitative estimate of drug-likeness (QED) is 0.289. The smallest absolute Gasteiger partial charge is 0.374 e. The largest absolute Gasteiger partial charge is 0.496 e. The van der Waals surface area contributed by atoms with Gasteiger partial charge in [0.15, 0.2) is 17.8 Å². The third kappa shape index (κ3) is 5.38. The minimum absolute atomic E-state index is 0.0258. The SMILES string of the molecule is CCOC(=O)C1=CC(=CCN2C=CNC2N2CN=C3C(=O)N=C(N)N=C32)c2c(cc3c(c2OC)CC(C(C)(O)C2CCNCC2)O3)O1. The Kier molecular flexibility index (Phi) is 7.88. The van der Waals surface area contributed by atoms with E-state index >= 15 is 0 Å². The number of guanidine groups is 1. The number of hydrogen-bond acceptors (Lipinski definition) is 14. The fourth-order valence-corrected chi connectivity index (χ4v) is 6.95. The Morgan fingerprint density at radius 2 is 2.09 bits per heavy atom. The molecule has 1 aromatic carbocycles. The van der Waals surface area contributed by atoms with Crippen LogP contribution in [0.25, 0.3) is 5.57 Å². The Bertz CT molecular complexity index is 1690. The number of fused-ring (bicyclic) bond motifs is 3. The molecule has 1 aromatic rings. The lowest BCUT2D eigenvalue weighted by Crippen LogP contribution is -2.53. The first-order chi connectivity index (χ1) is 22.7. The number of rotatable bonds is 8. The van der Waals surface area contributed by atoms with Crippen molar-refractivity contribution in [3.05, 3.63) is 47.5 Å². The summed E-state index contributed by atoms with van der Waals surface area (Å²) in [4.78, 5) is 41.4. The molecule has 3 unspecified atom stereocenters. The van der Waals surface area contributed by atoms with Crippen LogP contribution in [0.2, 0.25) is 0 Å². The molecular formula is C32H38N8O7. The zero-order valence-corrected chi connectivity index (χ0v) is 26.5. The molecular weight excluding hydrogens is 608 g/mol. The summed E-state index contributed by atoms with van der Waals surface area (Å²) >= 11 is 0. The van der Waals surface area contributed by atoms with Crippen molar-refractivity contribution in [3.8, 4) is 17.2 Å². The number of carbonyl (C=O) groups is 2. The predicted octanol–water partition coefficient (Wildman–Crippen LogP) is 0.600. The van der Waals surface area contributed by atoms with Crippen molar-refractivity contribution in [1.82, 2.24) is 20.4 Å². The van der Waals surface area contributed by atoms with Gasteiger partial charge in [0, 0.05) is 37.0 Å². The number of nitrogens with zero attached hydrogens (tertiary/aromatic N) is 5. The Balaban J connectivity index is 1.20. The van der Waals surface area contributed by atoms with E-state index in [9.17, 15) is 14.7 Å². The van der Waals surface area contributed by atoms with Gasteiger partial charge in [-0.05, 0) is 57.3 Å². The molecule has 7 rings (SSSR count). The molecule has 6 aliphatic heterocycles. The van der Waals surface area contributed by atoms with E-state index in [1.54, 1.807) is 32.4 Å². The van der Waals surface area contributed by atoms with Crippen LogP contribution < -0.4 is 30.6 Å². The van der Waals surface area contributed by atoms with Crippen molar-refractivity contribution >= 4 is 35.0 Å². The number of nitrogens with one attached hydrogen (secondary N) is 2. The summed E-state index contributed by atoms with van der Waals surface area (Å²) in [6.45, 7) is 6.04. The fraction of sp³-hybridized carbons (Fsp3) is 0.469. The van der Waals surface area contributed by atoms with Crippen LogP contribution in [0.4, 0.5) is 0 Å². The van der Waals surface area contributed by atoms with Gasteiger partial charge < -0.3 is 45.3 Å². The molecule has 0 saturated carbocycles. The number of aliphatic imine (C=N–C) groups is 3. The summed E-state index contributed by atoms with van der Waals surface area (Å²) in [5.74, 6) is 0.717. The van der Waals surface area contributed by atoms with Crippen LogP contribution in [0.3, 0.4) is 0 Å². The minimum atomic E-state index is -1.06. The molecule has 3 atom stereocenters. The van der Waals surface area contributed by atoms with E-state index in [0.717, 1.165) is 31.5 Å². The van der Waals surface area contributed by atoms with Gasteiger partial charge in [0.2, 0.25) is 11.7 Å². The third-order valence-electron chi connectivity index (χ3n) is 9.41. The van der Waals surface area contributed by atoms with E-state index in [4.69, 9.17) is 24.7 Å². The number of allylic oxidation sites excluding steroid dienone is 2. The number of amidine groups is 1. The molecule has 1 fully saturated rings. The summed E-state index contributed by atoms with van der Waals surface area (Å²) in [7, 11) is 1.59. The first-order valence-electron chi connectivity index (χ1n) is 15.8. The van der Waals surface area contributed by atoms with Crippen LogP contribution in [0.15, 0.2) is 51.4 Å². The molecule has 0 spiro atoms. The topological polar surface area (TPSA) is 185 Å². The maximum absolute atomic E-state index is 12.9. The highest BCUT2D eigenvalue weighted by atomic mass is 16.6. The second-order valence-corrected chi connectivity index (χ2v) is 12.2. The van der Waals surface area contributed by atoms with Crippen molar-refractivity contribution in [1.29, 1.82) is 0 Å². The van der Waals surface area contributed by atoms with E-state index < -0.39 is 29.9 Å². The molecule has 0 aromatic heterocycles. The molecule has 1 amide bonds. The number of benzene rings is 1. The van der Waals surface area contributed by atoms with Gasteiger partial charge in [-0.1, -0.05) is 6.08 Å². The van der Waals surface area contributed by atoms with E-state index in [1.165, 1.54) is 0 Å². The monoisotopic (exact) mass is 646 g/mol. The van der Waals surface area contributed by atoms with Crippen LogP contribution >= 0.6 is 0 Å². The van der Waals surface area contributed by atoms with Crippen molar-refractivity contribution in [2.24, 2.45) is 26.6 Å². The summed E-state index contributed by atoms with van der Waals surface area (Å²) in [6, 6.07) is 1.76. The average molecular weight is 647 g/mol. The number of piperidine rings is 1. The van der Waals surface area contributed by atoms with Gasteiger partial charge in [-0.3, -0.25) is 14.7 Å². The van der Waals surface area contributed by atoms with E-state index in [0.29, 0.717) is 47.2 Å². The lowest BCUT2D eigenvalue weighted by atomic mass is 9.77. The Labute approximate surface area is 271 Å². The lowest BCUT2D eigenvalue weighted by Gasteiger charge is -2.39. The number of ether oxygens (including phenoxy) is 4. The molecule has 15 heteroatoms. The molecule has 47 heavy (non-hydrogen) atoms. The number of methoxy groups -OCH3 is 1. The number of nitrogens with two attached hydrogens (primary N) is 1. The normalized spacial score (nSPS) is 25.4. The molecule has 0 radical (unpaired) electrons. The van der Waals surface area contributed by atoms with Gasteiger partial charge >= 0.3 is 11.9 Å². The fourth-order valence-electron chi connectivity index (χ4n) is 6.95. The zero-order chi connectivity index (χ0) is 32.9. The molecule has 248 valence electrons. The second kappa shape index (κ2) is 12.0. The number of hydrogen-bond donors (Lipinski definition) is 4. The zero-order valence-electron chi connectivity index (χ0n) is 26.5. The molecule has 6 aliphatic rings. The van der Waals surface area contributed by atoms with Gasteiger partial charge in [0.05, 0.1) is 19.3 Å². The third-order valence-corrected chi connectivity index (χ3v) is 9.41. The van der Waals surface area contributed by atoms with Crippen molar-refractivity contribution in [3.63, 3.8) is 0 Å². The number of amides is 1. The van der Waals surface area contributed by atoms with Crippen molar-refractivity contribution < 1.29 is 33.6 Å². The van der Waals surface area contributed by atoms with Crippen LogP contribution in [0.1, 0.15) is 37.8 Å². The van der Waals surface area contributed by atoms with Gasteiger partial charge in [0.25, 0.3) is 0 Å². The number of aliphatic hydroxyl groups is 1. The van der Waals surface area contributed by atoms with Gasteiger partial charge in [0.1, 0.15) is 35.6 Å². The molecule has 1 saturated heterocycles. The highest BCUT2D eigenvalue weighted by Crippen LogP contribution is 2.51. The first-order valence-corrected chi connectivity index (χ1v) is 15.8. The Hall–Kier alpha value is -4.89. The Morgan fingerprint density at radius 3 is 2.85 bits per heavy atom. The van der Waals surface area contributed by atoms with Crippen molar-refractivity contribution in [2.45, 2.75) is 51.1 Å². The van der Waals surface area contributed by atoms with Gasteiger partial charge in [-0.2, -0.15) is 9.98 Å². The highest BCUT2D eigenvalue weighted by Gasteiger charge is 2.46. The summed E-state index contributed by atoms with van der Waals surface area (Å²) < 4.78 is 23.8. The maximum Gasteiger partial charge on any atom is 0.374 e. The summed E-state index contributed by atoms with van der Waals surface area (Å²) in [5.41, 5.74) is 7.06. The highest BCUT2D eigenvalue weighted by molar-refractivity contribution is 6.69. The van der Waals surface area contributed by atoms with E-state index in [1.807, 2.05) is 29.0 Å². The predicted molar refractivity (Wildman–Crippen MR) is 172 cm³/mol. The average Bonchev–Trinajstić information content (AvgIpc) is 3.81. The standard InChI is InChI=1S/C32H38N8O7/c1-4-45-29(42)22-13-17(7-11-39-12-10-35-31(39)40-16-36-25-27(40)37-30(33)38-28(25)41)24-21(46-22)15-20-19(26(24)44-3)14-23(47-20)32(2,43)18-5-8-34-9-6-18/h7,10,12-13,15,18,23,31,34-35,43H,4-6,8-9,11,14,16H2,1-3H3,(H2,33,38,41). The van der Waals surface area contributed by atoms with Crippen LogP contribution in [0, 0.1) is 5.92 Å². The maximum atomic E-state index is 12.9. The van der Waals surface area contributed by atoms with Gasteiger partial charge in [-0.25, -0.2) is 4.79 Å². The van der Waals surface area contributed by atoms with Gasteiger partial charge in [-0.15, -0.1) is 0 Å². The number of carbonyl (C=O) groups excluding carboxylic acids is 2. The Morgan fingerprint density at radius 1 is 1.28 bits per heavy atom. The molecule has 0 aliphatic carbocycles.